The third-order valence-electron chi connectivity index (χ3n) is 4.45. The molecule has 8 heteroatoms. The molecule has 0 aliphatic heterocycles. The number of fused-ring (bicyclic) bond motifs is 3. The summed E-state index contributed by atoms with van der Waals surface area (Å²) in [6.45, 7) is 0.483. The fourth-order valence-corrected chi connectivity index (χ4v) is 5.52. The van der Waals surface area contributed by atoms with E-state index in [-0.39, 0.29) is 18.0 Å². The number of halogens is 1. The molecule has 0 saturated carbocycles. The summed E-state index contributed by atoms with van der Waals surface area (Å²) >= 11 is 8.99. The average Bonchev–Trinajstić information content (AvgIpc) is 3.25. The minimum absolute atomic E-state index is 0.00198. The molecule has 0 spiro atoms. The standard InChI is InChI=1S/C17H16ClN3O2S2/c1-20(7-10-5-6-13(18)24-10)14(22)8-21-9-19-16-15(17(21)23)11-3-2-4-12(11)25-16/h5-6,9H,2-4,7-8H2,1H3. The normalized spacial score (nSPS) is 13.4. The highest BCUT2D eigenvalue weighted by Gasteiger charge is 2.22. The van der Waals surface area contributed by atoms with Crippen LogP contribution in [0.25, 0.3) is 10.2 Å². The Kier molecular flexibility index (Phi) is 4.39. The lowest BCUT2D eigenvalue weighted by atomic mass is 10.2. The van der Waals surface area contributed by atoms with Gasteiger partial charge in [0.1, 0.15) is 11.4 Å². The molecule has 4 rings (SSSR count). The van der Waals surface area contributed by atoms with Crippen molar-refractivity contribution in [1.29, 1.82) is 0 Å². The number of amides is 1. The van der Waals surface area contributed by atoms with Gasteiger partial charge in [0.25, 0.3) is 5.56 Å². The summed E-state index contributed by atoms with van der Waals surface area (Å²) in [6.07, 6.45) is 4.55. The van der Waals surface area contributed by atoms with Gasteiger partial charge < -0.3 is 4.90 Å². The molecule has 1 amide bonds. The number of hydrogen-bond acceptors (Lipinski definition) is 5. The molecule has 0 radical (unpaired) electrons. The summed E-state index contributed by atoms with van der Waals surface area (Å²) in [6, 6.07) is 3.73. The van der Waals surface area contributed by atoms with Crippen LogP contribution >= 0.6 is 34.3 Å². The van der Waals surface area contributed by atoms with Gasteiger partial charge in [-0.3, -0.25) is 14.2 Å². The van der Waals surface area contributed by atoms with E-state index in [1.165, 1.54) is 27.1 Å². The molecule has 0 unspecified atom stereocenters. The van der Waals surface area contributed by atoms with Crippen LogP contribution in [0.15, 0.2) is 23.3 Å². The Morgan fingerprint density at radius 1 is 1.36 bits per heavy atom. The number of rotatable bonds is 4. The van der Waals surface area contributed by atoms with Crippen molar-refractivity contribution in [3.8, 4) is 0 Å². The molecule has 3 heterocycles. The lowest BCUT2D eigenvalue weighted by Crippen LogP contribution is -2.33. The monoisotopic (exact) mass is 393 g/mol. The Morgan fingerprint density at radius 3 is 2.96 bits per heavy atom. The Hall–Kier alpha value is -1.70. The van der Waals surface area contributed by atoms with Gasteiger partial charge in [-0.15, -0.1) is 22.7 Å². The number of likely N-dealkylation sites (N-methyl/N-ethyl adjacent to an activating group) is 1. The van der Waals surface area contributed by atoms with Crippen molar-refractivity contribution in [2.45, 2.75) is 32.4 Å². The van der Waals surface area contributed by atoms with Crippen LogP contribution in [0.3, 0.4) is 0 Å². The zero-order valence-electron chi connectivity index (χ0n) is 13.6. The Morgan fingerprint density at radius 2 is 2.20 bits per heavy atom. The third kappa shape index (κ3) is 3.12. The summed E-state index contributed by atoms with van der Waals surface area (Å²) in [5.41, 5.74) is 1.03. The van der Waals surface area contributed by atoms with E-state index in [0.29, 0.717) is 16.3 Å². The predicted molar refractivity (Wildman–Crippen MR) is 102 cm³/mol. The molecular weight excluding hydrogens is 378 g/mol. The molecule has 0 N–H and O–H groups in total. The number of aryl methyl sites for hydroxylation is 2. The first kappa shape index (κ1) is 16.8. The SMILES string of the molecule is CN(Cc1ccc(Cl)s1)C(=O)Cn1cnc2sc3c(c2c1=O)CCC3. The maximum absolute atomic E-state index is 12.8. The molecule has 0 aromatic carbocycles. The van der Waals surface area contributed by atoms with Crippen LogP contribution in [-0.2, 0) is 30.7 Å². The Labute approximate surface area is 157 Å². The summed E-state index contributed by atoms with van der Waals surface area (Å²) in [4.78, 5) is 34.4. The van der Waals surface area contributed by atoms with Crippen molar-refractivity contribution in [2.75, 3.05) is 7.05 Å². The van der Waals surface area contributed by atoms with Crippen LogP contribution in [0, 0.1) is 0 Å². The van der Waals surface area contributed by atoms with Gasteiger partial charge in [0.15, 0.2) is 0 Å². The van der Waals surface area contributed by atoms with E-state index in [1.54, 1.807) is 23.3 Å². The quantitative estimate of drug-likeness (QED) is 0.683. The van der Waals surface area contributed by atoms with Crippen molar-refractivity contribution in [3.63, 3.8) is 0 Å². The van der Waals surface area contributed by atoms with Gasteiger partial charge >= 0.3 is 0 Å². The van der Waals surface area contributed by atoms with E-state index in [2.05, 4.69) is 4.98 Å². The van der Waals surface area contributed by atoms with Crippen LogP contribution in [0.1, 0.15) is 21.7 Å². The molecule has 0 fully saturated rings. The number of carbonyl (C=O) groups excluding carboxylic acids is 1. The second-order valence-corrected chi connectivity index (χ2v) is 9.05. The Bertz CT molecular complexity index is 1020. The minimum Gasteiger partial charge on any atom is -0.339 e. The molecule has 0 bridgehead atoms. The average molecular weight is 394 g/mol. The van der Waals surface area contributed by atoms with Gasteiger partial charge in [-0.05, 0) is 37.0 Å². The van der Waals surface area contributed by atoms with Crippen LogP contribution in [0.2, 0.25) is 4.34 Å². The van der Waals surface area contributed by atoms with Crippen LogP contribution in [0.4, 0.5) is 0 Å². The predicted octanol–water partition coefficient (Wildman–Crippen LogP) is 3.32. The van der Waals surface area contributed by atoms with Gasteiger partial charge in [-0.1, -0.05) is 11.6 Å². The van der Waals surface area contributed by atoms with Crippen molar-refractivity contribution in [1.82, 2.24) is 14.5 Å². The first-order chi connectivity index (χ1) is 12.0. The molecule has 0 atom stereocenters. The fourth-order valence-electron chi connectivity index (χ4n) is 3.16. The molecule has 130 valence electrons. The topological polar surface area (TPSA) is 55.2 Å². The van der Waals surface area contributed by atoms with Crippen LogP contribution in [0.5, 0.6) is 0 Å². The summed E-state index contributed by atoms with van der Waals surface area (Å²) < 4.78 is 2.13. The first-order valence-electron chi connectivity index (χ1n) is 8.01. The number of aromatic nitrogens is 2. The van der Waals surface area contributed by atoms with Gasteiger partial charge in [0.05, 0.1) is 22.6 Å². The van der Waals surface area contributed by atoms with Gasteiger partial charge in [-0.2, -0.15) is 0 Å². The summed E-state index contributed by atoms with van der Waals surface area (Å²) in [7, 11) is 1.73. The maximum atomic E-state index is 12.8. The van der Waals surface area contributed by atoms with Crippen molar-refractivity contribution < 1.29 is 4.79 Å². The van der Waals surface area contributed by atoms with Gasteiger partial charge in [-0.25, -0.2) is 4.98 Å². The molecular formula is C17H16ClN3O2S2. The second-order valence-electron chi connectivity index (χ2n) is 6.17. The maximum Gasteiger partial charge on any atom is 0.262 e. The van der Waals surface area contributed by atoms with E-state index in [0.717, 1.165) is 34.5 Å². The van der Waals surface area contributed by atoms with Crippen molar-refractivity contribution >= 4 is 50.4 Å². The van der Waals surface area contributed by atoms with E-state index in [1.807, 2.05) is 12.1 Å². The molecule has 0 saturated heterocycles. The van der Waals surface area contributed by atoms with E-state index < -0.39 is 0 Å². The number of hydrogen-bond donors (Lipinski definition) is 0. The molecule has 25 heavy (non-hydrogen) atoms. The highest BCUT2D eigenvalue weighted by Crippen LogP contribution is 2.34. The molecule has 1 aliphatic carbocycles. The highest BCUT2D eigenvalue weighted by atomic mass is 35.5. The smallest absolute Gasteiger partial charge is 0.262 e. The van der Waals surface area contributed by atoms with E-state index >= 15 is 0 Å². The summed E-state index contributed by atoms with van der Waals surface area (Å²) in [5, 5.41) is 0.709. The third-order valence-corrected chi connectivity index (χ3v) is 6.86. The summed E-state index contributed by atoms with van der Waals surface area (Å²) in [5.74, 6) is -0.125. The minimum atomic E-state index is -0.125. The number of carbonyl (C=O) groups is 1. The Balaban J connectivity index is 1.56. The van der Waals surface area contributed by atoms with Gasteiger partial charge in [0.2, 0.25) is 5.91 Å². The molecule has 1 aliphatic rings. The molecule has 3 aromatic heterocycles. The molecule has 3 aromatic rings. The zero-order chi connectivity index (χ0) is 17.6. The van der Waals surface area contributed by atoms with Crippen molar-refractivity contribution in [2.24, 2.45) is 0 Å². The largest absolute Gasteiger partial charge is 0.339 e. The fraction of sp³-hybridized carbons (Fsp3) is 0.353. The highest BCUT2D eigenvalue weighted by molar-refractivity contribution is 7.18. The van der Waals surface area contributed by atoms with E-state index in [4.69, 9.17) is 11.6 Å². The molecule has 5 nitrogen and oxygen atoms in total. The van der Waals surface area contributed by atoms with Gasteiger partial charge in [0, 0.05) is 16.8 Å². The second kappa shape index (κ2) is 6.55. The lowest BCUT2D eigenvalue weighted by Gasteiger charge is -2.16. The van der Waals surface area contributed by atoms with Crippen LogP contribution < -0.4 is 5.56 Å². The first-order valence-corrected chi connectivity index (χ1v) is 10.0. The van der Waals surface area contributed by atoms with Crippen LogP contribution in [-0.4, -0.2) is 27.4 Å². The number of thiophene rings is 2. The van der Waals surface area contributed by atoms with E-state index in [9.17, 15) is 9.59 Å². The number of nitrogens with zero attached hydrogens (tertiary/aromatic N) is 3. The van der Waals surface area contributed by atoms with Crippen molar-refractivity contribution in [3.05, 3.63) is 48.5 Å². The lowest BCUT2D eigenvalue weighted by molar-refractivity contribution is -0.131. The zero-order valence-corrected chi connectivity index (χ0v) is 16.0.